The van der Waals surface area contributed by atoms with Crippen LogP contribution in [-0.4, -0.2) is 45.6 Å². The van der Waals surface area contributed by atoms with E-state index in [1.165, 1.54) is 0 Å². The molecule has 6 nitrogen and oxygen atoms in total. The summed E-state index contributed by atoms with van der Waals surface area (Å²) in [5, 5.41) is 33.8. The molecule has 0 saturated carbocycles. The van der Waals surface area contributed by atoms with E-state index in [0.717, 1.165) is 25.0 Å². The Bertz CT molecular complexity index is 325. The third-order valence-corrected chi connectivity index (χ3v) is 3.42. The van der Waals surface area contributed by atoms with Crippen molar-refractivity contribution in [2.24, 2.45) is 17.3 Å². The van der Waals surface area contributed by atoms with Gasteiger partial charge in [0.2, 0.25) is 0 Å². The largest absolute Gasteiger partial charge is 0.478 e. The average Bonchev–Trinajstić information content (AvgIpc) is 2.49. The lowest BCUT2D eigenvalue weighted by molar-refractivity contribution is -0.132. The van der Waals surface area contributed by atoms with E-state index in [1.54, 1.807) is 0 Å². The summed E-state index contributed by atoms with van der Waals surface area (Å²) >= 11 is 0. The highest BCUT2D eigenvalue weighted by Gasteiger charge is 2.32. The Morgan fingerprint density at radius 2 is 1.26 bits per heavy atom. The van der Waals surface area contributed by atoms with Crippen molar-refractivity contribution in [3.8, 4) is 0 Å². The second-order valence-electron chi connectivity index (χ2n) is 5.85. The smallest absolute Gasteiger partial charge is 0.327 e. The van der Waals surface area contributed by atoms with Crippen LogP contribution in [0.4, 0.5) is 0 Å². The van der Waals surface area contributed by atoms with Crippen molar-refractivity contribution in [1.29, 1.82) is 0 Å². The topological polar surface area (TPSA) is 115 Å². The van der Waals surface area contributed by atoms with Crippen molar-refractivity contribution in [3.05, 3.63) is 25.3 Å². The van der Waals surface area contributed by atoms with E-state index in [0.29, 0.717) is 11.8 Å². The Morgan fingerprint density at radius 3 is 1.39 bits per heavy atom. The summed E-state index contributed by atoms with van der Waals surface area (Å²) in [7, 11) is 0. The van der Waals surface area contributed by atoms with Gasteiger partial charge >= 0.3 is 11.9 Å². The van der Waals surface area contributed by atoms with Crippen molar-refractivity contribution in [2.75, 3.05) is 13.2 Å². The van der Waals surface area contributed by atoms with Crippen LogP contribution in [0, 0.1) is 17.3 Å². The van der Waals surface area contributed by atoms with Crippen LogP contribution in [-0.2, 0) is 9.59 Å². The molecule has 0 spiro atoms. The summed E-state index contributed by atoms with van der Waals surface area (Å²) in [5.74, 6) is -0.993. The zero-order valence-electron chi connectivity index (χ0n) is 14.7. The summed E-state index contributed by atoms with van der Waals surface area (Å²) in [6, 6.07) is 0. The molecule has 0 amide bonds. The molecular formula is C17H32O6. The number of aliphatic hydroxyl groups excluding tert-OH is 2. The monoisotopic (exact) mass is 332 g/mol. The van der Waals surface area contributed by atoms with E-state index in [4.69, 9.17) is 10.2 Å². The zero-order valence-corrected chi connectivity index (χ0v) is 14.7. The van der Waals surface area contributed by atoms with Crippen molar-refractivity contribution in [2.45, 2.75) is 40.5 Å². The Labute approximate surface area is 139 Å². The molecule has 0 fully saturated rings. The van der Waals surface area contributed by atoms with Gasteiger partial charge in [-0.05, 0) is 18.3 Å². The maximum Gasteiger partial charge on any atom is 0.327 e. The molecule has 0 atom stereocenters. The minimum atomic E-state index is -0.981. The van der Waals surface area contributed by atoms with E-state index in [2.05, 4.69) is 40.9 Å². The van der Waals surface area contributed by atoms with Crippen LogP contribution in [0.5, 0.6) is 0 Å². The highest BCUT2D eigenvalue weighted by molar-refractivity contribution is 5.79. The molecule has 0 heterocycles. The van der Waals surface area contributed by atoms with Gasteiger partial charge in [0.25, 0.3) is 0 Å². The van der Waals surface area contributed by atoms with Gasteiger partial charge in [-0.25, -0.2) is 9.59 Å². The molecule has 4 N–H and O–H groups in total. The van der Waals surface area contributed by atoms with Crippen LogP contribution >= 0.6 is 0 Å². The first-order valence-electron chi connectivity index (χ1n) is 7.45. The molecule has 0 unspecified atom stereocenters. The first kappa shape index (κ1) is 26.2. The fraction of sp³-hybridized carbons (Fsp3) is 0.647. The molecule has 0 aliphatic heterocycles. The number of carbonyl (C=O) groups is 2. The number of carboxylic acid groups (broad SMARTS) is 2. The molecular weight excluding hydrogens is 300 g/mol. The molecule has 0 aromatic carbocycles. The minimum Gasteiger partial charge on any atom is -0.478 e. The number of aliphatic hydroxyl groups is 2. The molecule has 0 bridgehead atoms. The van der Waals surface area contributed by atoms with Gasteiger partial charge < -0.3 is 20.4 Å². The van der Waals surface area contributed by atoms with Crippen molar-refractivity contribution in [3.63, 3.8) is 0 Å². The van der Waals surface area contributed by atoms with Gasteiger partial charge in [0.05, 0.1) is 13.2 Å². The normalized spacial score (nSPS) is 10.1. The van der Waals surface area contributed by atoms with Crippen LogP contribution in [0.25, 0.3) is 0 Å². The lowest BCUT2D eigenvalue weighted by Gasteiger charge is -2.34. The molecule has 0 aliphatic carbocycles. The molecule has 136 valence electrons. The molecule has 0 radical (unpaired) electrons. The van der Waals surface area contributed by atoms with Gasteiger partial charge in [-0.2, -0.15) is 0 Å². The number of aliphatic carboxylic acids is 2. The van der Waals surface area contributed by atoms with Gasteiger partial charge in [-0.3, -0.25) is 0 Å². The van der Waals surface area contributed by atoms with Gasteiger partial charge in [0.1, 0.15) is 0 Å². The number of rotatable bonds is 8. The molecule has 0 rings (SSSR count). The number of hydrogen-bond donors (Lipinski definition) is 4. The van der Waals surface area contributed by atoms with Crippen LogP contribution < -0.4 is 0 Å². The van der Waals surface area contributed by atoms with E-state index >= 15 is 0 Å². The predicted molar refractivity (Wildman–Crippen MR) is 91.2 cm³/mol. The Balaban J connectivity index is -0.000000329. The quantitative estimate of drug-likeness (QED) is 0.508. The molecule has 0 aromatic rings. The number of hydrogen-bond acceptors (Lipinski definition) is 4. The first-order chi connectivity index (χ1) is 10.5. The molecule has 0 aromatic heterocycles. The third-order valence-electron chi connectivity index (χ3n) is 3.42. The highest BCUT2D eigenvalue weighted by atomic mass is 16.4. The predicted octanol–water partition coefficient (Wildman–Crippen LogP) is 2.56. The summed E-state index contributed by atoms with van der Waals surface area (Å²) in [6.45, 7) is 14.6. The lowest BCUT2D eigenvalue weighted by atomic mass is 9.74. The van der Waals surface area contributed by atoms with Crippen LogP contribution in [0.2, 0.25) is 0 Å². The molecule has 0 aliphatic rings. The van der Waals surface area contributed by atoms with Crippen LogP contribution in [0.3, 0.4) is 0 Å². The lowest BCUT2D eigenvalue weighted by Crippen LogP contribution is -2.35. The summed E-state index contributed by atoms with van der Waals surface area (Å²) in [6.07, 6.45) is 3.65. The fourth-order valence-electron chi connectivity index (χ4n) is 1.44. The summed E-state index contributed by atoms with van der Waals surface area (Å²) in [5.41, 5.74) is -0.274. The fourth-order valence-corrected chi connectivity index (χ4v) is 1.44. The van der Waals surface area contributed by atoms with Gasteiger partial charge in [0, 0.05) is 17.6 Å². The van der Waals surface area contributed by atoms with Crippen LogP contribution in [0.1, 0.15) is 40.5 Å². The van der Waals surface area contributed by atoms with Crippen molar-refractivity contribution >= 4 is 11.9 Å². The van der Waals surface area contributed by atoms with E-state index < -0.39 is 11.9 Å². The van der Waals surface area contributed by atoms with Crippen LogP contribution in [0.15, 0.2) is 25.3 Å². The third kappa shape index (κ3) is 16.5. The average molecular weight is 332 g/mol. The summed E-state index contributed by atoms with van der Waals surface area (Å²) < 4.78 is 0. The first-order valence-corrected chi connectivity index (χ1v) is 7.45. The molecule has 6 heteroatoms. The highest BCUT2D eigenvalue weighted by Crippen LogP contribution is 2.33. The van der Waals surface area contributed by atoms with Gasteiger partial charge in [-0.1, -0.05) is 47.3 Å². The molecule has 0 saturated heterocycles. The van der Waals surface area contributed by atoms with Crippen molar-refractivity contribution < 1.29 is 30.0 Å². The standard InChI is InChI=1S/C11H24O2.2C3H4O2/c1-9(2)5-6-11(7-12,8-13)10(3)4;2*1-2-3(4)5/h9-10,12-13H,5-8H2,1-4H3;2*2H,1H2,(H,4,5). The second-order valence-corrected chi connectivity index (χ2v) is 5.85. The van der Waals surface area contributed by atoms with Gasteiger partial charge in [-0.15, -0.1) is 0 Å². The summed E-state index contributed by atoms with van der Waals surface area (Å²) in [4.78, 5) is 18.5. The maximum absolute atomic E-state index is 9.30. The van der Waals surface area contributed by atoms with E-state index in [1.807, 2.05) is 0 Å². The SMILES string of the molecule is C=CC(=O)O.C=CC(=O)O.CC(C)CCC(CO)(CO)C(C)C. The molecule has 23 heavy (non-hydrogen) atoms. The zero-order chi connectivity index (χ0) is 19.1. The Kier molecular flexibility index (Phi) is 17.4. The second kappa shape index (κ2) is 15.2. The Morgan fingerprint density at radius 1 is 0.957 bits per heavy atom. The van der Waals surface area contributed by atoms with E-state index in [-0.39, 0.29) is 18.6 Å². The number of carboxylic acids is 2. The van der Waals surface area contributed by atoms with Crippen molar-refractivity contribution in [1.82, 2.24) is 0 Å². The minimum absolute atomic E-state index is 0.0912. The Hall–Kier alpha value is -1.66. The van der Waals surface area contributed by atoms with Gasteiger partial charge in [0.15, 0.2) is 0 Å². The maximum atomic E-state index is 9.30. The van der Waals surface area contributed by atoms with E-state index in [9.17, 15) is 19.8 Å².